The number of nitrogens with zero attached hydrogens (tertiary/aromatic N) is 3. The number of halogens is 1. The Morgan fingerprint density at radius 2 is 1.96 bits per heavy atom. The van der Waals surface area contributed by atoms with E-state index in [1.54, 1.807) is 26.0 Å². The maximum absolute atomic E-state index is 12.9. The first-order valence-electron chi connectivity index (χ1n) is 7.97. The fourth-order valence-electron chi connectivity index (χ4n) is 3.02. The Hall–Kier alpha value is -2.74. The molecular weight excluding hydrogens is 362 g/mol. The van der Waals surface area contributed by atoms with Crippen LogP contribution in [0, 0.1) is 12.8 Å². The van der Waals surface area contributed by atoms with Crippen LogP contribution in [0.2, 0.25) is 5.02 Å². The second-order valence-corrected chi connectivity index (χ2v) is 6.34. The maximum Gasteiger partial charge on any atom is 0.355 e. The van der Waals surface area contributed by atoms with Crippen molar-refractivity contribution >= 4 is 46.7 Å². The lowest BCUT2D eigenvalue weighted by Crippen LogP contribution is -2.41. The summed E-state index contributed by atoms with van der Waals surface area (Å²) in [6.45, 7) is 4.68. The standard InChI is InChI=1S/C17H16ClN3O5/c1-4-26-17(25)13-12-14(21(19-13)9(3)22)16(24)20(15(12)23)10-6-5-8(2)11(18)7-10/h5-7,12,14H,4H2,1-3H3/t12-,14-/m1/s1. The van der Waals surface area contributed by atoms with Gasteiger partial charge in [0.25, 0.3) is 5.91 Å². The quantitative estimate of drug-likeness (QED) is 0.584. The minimum Gasteiger partial charge on any atom is -0.461 e. The first kappa shape index (κ1) is 18.1. The summed E-state index contributed by atoms with van der Waals surface area (Å²) in [5.74, 6) is -3.85. The molecule has 136 valence electrons. The van der Waals surface area contributed by atoms with Crippen LogP contribution in [0.15, 0.2) is 23.3 Å². The van der Waals surface area contributed by atoms with Crippen LogP contribution in [-0.4, -0.2) is 47.1 Å². The Balaban J connectivity index is 2.05. The second-order valence-electron chi connectivity index (χ2n) is 5.94. The van der Waals surface area contributed by atoms with E-state index in [1.165, 1.54) is 13.0 Å². The molecule has 1 aromatic rings. The Bertz CT molecular complexity index is 866. The molecule has 9 heteroatoms. The molecule has 2 aliphatic rings. The van der Waals surface area contributed by atoms with Gasteiger partial charge >= 0.3 is 5.97 Å². The van der Waals surface area contributed by atoms with Gasteiger partial charge in [0.05, 0.1) is 12.3 Å². The summed E-state index contributed by atoms with van der Waals surface area (Å²) in [6.07, 6.45) is 0. The fourth-order valence-corrected chi connectivity index (χ4v) is 3.20. The Morgan fingerprint density at radius 1 is 1.27 bits per heavy atom. The molecule has 8 nitrogen and oxygen atoms in total. The van der Waals surface area contributed by atoms with E-state index in [0.717, 1.165) is 15.5 Å². The Kier molecular flexibility index (Phi) is 4.53. The van der Waals surface area contributed by atoms with Gasteiger partial charge in [-0.2, -0.15) is 5.10 Å². The smallest absolute Gasteiger partial charge is 0.355 e. The average molecular weight is 378 g/mol. The predicted molar refractivity (Wildman–Crippen MR) is 92.5 cm³/mol. The number of anilines is 1. The Labute approximate surface area is 154 Å². The van der Waals surface area contributed by atoms with Crippen molar-refractivity contribution in [3.8, 4) is 0 Å². The zero-order valence-corrected chi connectivity index (χ0v) is 15.1. The lowest BCUT2D eigenvalue weighted by atomic mass is 9.98. The molecule has 0 aromatic heterocycles. The minimum absolute atomic E-state index is 0.0781. The SMILES string of the molecule is CCOC(=O)C1=NN(C(C)=O)[C@H]2C(=O)N(c3ccc(C)c(Cl)c3)C(=O)[C@H]12. The number of hydrogen-bond acceptors (Lipinski definition) is 6. The zero-order valence-electron chi connectivity index (χ0n) is 14.4. The van der Waals surface area contributed by atoms with Crippen molar-refractivity contribution < 1.29 is 23.9 Å². The summed E-state index contributed by atoms with van der Waals surface area (Å²) in [6, 6.07) is 3.55. The number of hydrogen-bond donors (Lipinski definition) is 0. The van der Waals surface area contributed by atoms with Crippen LogP contribution < -0.4 is 4.90 Å². The summed E-state index contributed by atoms with van der Waals surface area (Å²) in [7, 11) is 0. The molecule has 0 saturated carbocycles. The number of carbonyl (C=O) groups excluding carboxylic acids is 4. The summed E-state index contributed by atoms with van der Waals surface area (Å²) >= 11 is 6.10. The van der Waals surface area contributed by atoms with Crippen molar-refractivity contribution in [1.82, 2.24) is 5.01 Å². The van der Waals surface area contributed by atoms with Crippen LogP contribution >= 0.6 is 11.6 Å². The molecule has 2 heterocycles. The second kappa shape index (κ2) is 6.53. The third kappa shape index (κ3) is 2.66. The number of rotatable bonds is 3. The molecule has 1 saturated heterocycles. The van der Waals surface area contributed by atoms with Crippen LogP contribution in [0.3, 0.4) is 0 Å². The number of ether oxygens (including phenoxy) is 1. The van der Waals surface area contributed by atoms with Crippen molar-refractivity contribution in [2.24, 2.45) is 11.0 Å². The normalized spacial score (nSPS) is 21.8. The Morgan fingerprint density at radius 3 is 2.54 bits per heavy atom. The van der Waals surface area contributed by atoms with Gasteiger partial charge in [-0.25, -0.2) is 14.7 Å². The van der Waals surface area contributed by atoms with Gasteiger partial charge in [0.15, 0.2) is 11.8 Å². The molecule has 0 bridgehead atoms. The lowest BCUT2D eigenvalue weighted by molar-refractivity contribution is -0.136. The highest BCUT2D eigenvalue weighted by Gasteiger charge is 2.59. The molecule has 0 N–H and O–H groups in total. The highest BCUT2D eigenvalue weighted by molar-refractivity contribution is 6.47. The van der Waals surface area contributed by atoms with Crippen LogP contribution in [0.4, 0.5) is 5.69 Å². The number of fused-ring (bicyclic) bond motifs is 1. The van der Waals surface area contributed by atoms with E-state index in [9.17, 15) is 19.2 Å². The molecule has 1 fully saturated rings. The van der Waals surface area contributed by atoms with E-state index in [1.807, 2.05) is 0 Å². The molecule has 0 aliphatic carbocycles. The first-order valence-corrected chi connectivity index (χ1v) is 8.35. The third-order valence-electron chi connectivity index (χ3n) is 4.27. The van der Waals surface area contributed by atoms with E-state index in [4.69, 9.17) is 16.3 Å². The van der Waals surface area contributed by atoms with Crippen molar-refractivity contribution in [2.75, 3.05) is 11.5 Å². The maximum atomic E-state index is 12.9. The molecule has 0 radical (unpaired) electrons. The molecule has 1 aromatic carbocycles. The van der Waals surface area contributed by atoms with Crippen LogP contribution in [0.1, 0.15) is 19.4 Å². The topological polar surface area (TPSA) is 96.3 Å². The minimum atomic E-state index is -1.19. The van der Waals surface area contributed by atoms with Gasteiger partial charge in [-0.1, -0.05) is 17.7 Å². The van der Waals surface area contributed by atoms with Crippen LogP contribution in [0.25, 0.3) is 0 Å². The highest BCUT2D eigenvalue weighted by atomic mass is 35.5. The molecule has 2 atom stereocenters. The number of imide groups is 1. The van der Waals surface area contributed by atoms with Gasteiger partial charge in [0.2, 0.25) is 11.8 Å². The van der Waals surface area contributed by atoms with Gasteiger partial charge < -0.3 is 4.74 Å². The van der Waals surface area contributed by atoms with Crippen molar-refractivity contribution in [3.05, 3.63) is 28.8 Å². The summed E-state index contributed by atoms with van der Waals surface area (Å²) in [4.78, 5) is 50.8. The van der Waals surface area contributed by atoms with E-state index < -0.39 is 35.7 Å². The van der Waals surface area contributed by atoms with Crippen LogP contribution in [0.5, 0.6) is 0 Å². The van der Waals surface area contributed by atoms with Gasteiger partial charge in [0, 0.05) is 11.9 Å². The number of aryl methyl sites for hydroxylation is 1. The molecule has 26 heavy (non-hydrogen) atoms. The highest BCUT2D eigenvalue weighted by Crippen LogP contribution is 2.36. The van der Waals surface area contributed by atoms with Crippen molar-refractivity contribution in [3.63, 3.8) is 0 Å². The van der Waals surface area contributed by atoms with E-state index >= 15 is 0 Å². The fraction of sp³-hybridized carbons (Fsp3) is 0.353. The summed E-state index contributed by atoms with van der Waals surface area (Å²) in [5.41, 5.74) is 0.816. The number of amides is 3. The monoisotopic (exact) mass is 377 g/mol. The molecular formula is C17H16ClN3O5. The number of benzene rings is 1. The van der Waals surface area contributed by atoms with Gasteiger partial charge in [-0.05, 0) is 31.5 Å². The molecule has 3 amide bonds. The lowest BCUT2D eigenvalue weighted by Gasteiger charge is -2.19. The summed E-state index contributed by atoms with van der Waals surface area (Å²) < 4.78 is 4.91. The first-order chi connectivity index (χ1) is 12.3. The third-order valence-corrected chi connectivity index (χ3v) is 4.68. The van der Waals surface area contributed by atoms with E-state index in [2.05, 4.69) is 5.10 Å². The number of hydrazone groups is 1. The largest absolute Gasteiger partial charge is 0.461 e. The average Bonchev–Trinajstić information content (AvgIpc) is 3.09. The van der Waals surface area contributed by atoms with Gasteiger partial charge in [-0.15, -0.1) is 0 Å². The summed E-state index contributed by atoms with van der Waals surface area (Å²) in [5, 5.41) is 5.14. The molecule has 0 unspecified atom stereocenters. The number of esters is 1. The zero-order chi connectivity index (χ0) is 19.2. The van der Waals surface area contributed by atoms with Crippen molar-refractivity contribution in [1.29, 1.82) is 0 Å². The molecule has 3 rings (SSSR count). The van der Waals surface area contributed by atoms with Gasteiger partial charge in [0.1, 0.15) is 5.92 Å². The van der Waals surface area contributed by atoms with Crippen molar-refractivity contribution in [2.45, 2.75) is 26.8 Å². The predicted octanol–water partition coefficient (Wildman–Crippen LogP) is 1.29. The molecule has 2 aliphatic heterocycles. The number of carbonyl (C=O) groups is 4. The molecule has 0 spiro atoms. The van der Waals surface area contributed by atoms with E-state index in [0.29, 0.717) is 5.02 Å². The van der Waals surface area contributed by atoms with Crippen LogP contribution in [-0.2, 0) is 23.9 Å². The van der Waals surface area contributed by atoms with E-state index in [-0.39, 0.29) is 18.0 Å². The van der Waals surface area contributed by atoms with Gasteiger partial charge in [-0.3, -0.25) is 14.4 Å².